The maximum absolute atomic E-state index is 12.4. The van der Waals surface area contributed by atoms with Gasteiger partial charge < -0.3 is 9.47 Å². The van der Waals surface area contributed by atoms with Crippen molar-refractivity contribution in [3.8, 4) is 5.75 Å². The van der Waals surface area contributed by atoms with Crippen molar-refractivity contribution in [3.05, 3.63) is 77.9 Å². The summed E-state index contributed by atoms with van der Waals surface area (Å²) in [7, 11) is 1.56. The van der Waals surface area contributed by atoms with Crippen molar-refractivity contribution in [1.82, 2.24) is 0 Å². The number of Topliss-reactive ketones (excluding diaryl/α,β-unsaturated/α-hetero) is 1. The molecule has 4 nitrogen and oxygen atoms in total. The second-order valence-corrected chi connectivity index (χ2v) is 6.08. The molecule has 0 N–H and O–H groups in total. The molecule has 0 aliphatic rings. The van der Waals surface area contributed by atoms with Crippen molar-refractivity contribution in [2.45, 2.75) is 19.4 Å². The van der Waals surface area contributed by atoms with Gasteiger partial charge in [-0.15, -0.1) is 0 Å². The minimum absolute atomic E-state index is 0.130. The summed E-state index contributed by atoms with van der Waals surface area (Å²) in [5.74, 6) is 0.0108. The second kappa shape index (κ2) is 7.83. The van der Waals surface area contributed by atoms with Crippen LogP contribution in [0.15, 0.2) is 66.7 Å². The Hall–Kier alpha value is -3.14. The number of ketones is 1. The van der Waals surface area contributed by atoms with Crippen LogP contribution < -0.4 is 4.74 Å². The number of methoxy groups -OCH3 is 1. The Kier molecular flexibility index (Phi) is 5.32. The molecule has 132 valence electrons. The Morgan fingerprint density at radius 1 is 0.923 bits per heavy atom. The minimum Gasteiger partial charge on any atom is -0.497 e. The molecule has 0 aliphatic heterocycles. The third kappa shape index (κ3) is 4.09. The molecule has 3 aromatic rings. The van der Waals surface area contributed by atoms with Crippen LogP contribution >= 0.6 is 0 Å². The van der Waals surface area contributed by atoms with Gasteiger partial charge in [-0.1, -0.05) is 42.5 Å². The number of hydrogen-bond acceptors (Lipinski definition) is 4. The van der Waals surface area contributed by atoms with Crippen molar-refractivity contribution in [2.75, 3.05) is 7.11 Å². The van der Waals surface area contributed by atoms with Gasteiger partial charge in [-0.25, -0.2) is 0 Å². The molecule has 3 rings (SSSR count). The summed E-state index contributed by atoms with van der Waals surface area (Å²) in [6, 6.07) is 20.5. The van der Waals surface area contributed by atoms with E-state index in [9.17, 15) is 9.59 Å². The number of hydrogen-bond donors (Lipinski definition) is 0. The SMILES string of the molecule is COc1ccc(C(=O)[C@H](C)OC(=O)Cc2ccc3ccccc3c2)cc1. The lowest BCUT2D eigenvalue weighted by atomic mass is 10.0. The van der Waals surface area contributed by atoms with Gasteiger partial charge in [-0.2, -0.15) is 0 Å². The van der Waals surface area contributed by atoms with Gasteiger partial charge in [-0.3, -0.25) is 9.59 Å². The smallest absolute Gasteiger partial charge is 0.310 e. The summed E-state index contributed by atoms with van der Waals surface area (Å²) in [6.45, 7) is 1.59. The van der Waals surface area contributed by atoms with Gasteiger partial charge in [0.05, 0.1) is 13.5 Å². The Morgan fingerprint density at radius 3 is 2.31 bits per heavy atom. The number of ether oxygens (including phenoxy) is 2. The highest BCUT2D eigenvalue weighted by molar-refractivity contribution is 6.00. The molecule has 0 saturated carbocycles. The largest absolute Gasteiger partial charge is 0.497 e. The lowest BCUT2D eigenvalue weighted by molar-refractivity contribution is -0.145. The Morgan fingerprint density at radius 2 is 1.62 bits per heavy atom. The van der Waals surface area contributed by atoms with Gasteiger partial charge >= 0.3 is 5.97 Å². The number of carbonyl (C=O) groups is 2. The normalized spacial score (nSPS) is 11.8. The molecule has 0 aliphatic carbocycles. The van der Waals surface area contributed by atoms with E-state index in [1.54, 1.807) is 38.3 Å². The summed E-state index contributed by atoms with van der Waals surface area (Å²) < 4.78 is 10.4. The highest BCUT2D eigenvalue weighted by atomic mass is 16.5. The van der Waals surface area contributed by atoms with Crippen LogP contribution in [0.2, 0.25) is 0 Å². The van der Waals surface area contributed by atoms with Gasteiger partial charge in [-0.05, 0) is 47.5 Å². The van der Waals surface area contributed by atoms with Crippen LogP contribution in [-0.4, -0.2) is 25.0 Å². The summed E-state index contributed by atoms with van der Waals surface area (Å²) in [5.41, 5.74) is 1.34. The van der Waals surface area contributed by atoms with E-state index in [0.29, 0.717) is 11.3 Å². The fraction of sp³-hybridized carbons (Fsp3) is 0.182. The molecule has 0 bridgehead atoms. The molecule has 0 spiro atoms. The first kappa shape index (κ1) is 17.7. The Bertz CT molecular complexity index is 928. The summed E-state index contributed by atoms with van der Waals surface area (Å²) in [6.07, 6.45) is -0.707. The van der Waals surface area contributed by atoms with Crippen LogP contribution in [0.4, 0.5) is 0 Å². The van der Waals surface area contributed by atoms with Crippen molar-refractivity contribution in [3.63, 3.8) is 0 Å². The zero-order valence-corrected chi connectivity index (χ0v) is 14.8. The minimum atomic E-state index is -0.837. The van der Waals surface area contributed by atoms with E-state index in [4.69, 9.17) is 9.47 Å². The number of rotatable bonds is 6. The van der Waals surface area contributed by atoms with Crippen LogP contribution in [-0.2, 0) is 16.0 Å². The average Bonchev–Trinajstić information content (AvgIpc) is 2.67. The molecule has 3 aromatic carbocycles. The first-order chi connectivity index (χ1) is 12.6. The van der Waals surface area contributed by atoms with E-state index >= 15 is 0 Å². The first-order valence-corrected chi connectivity index (χ1v) is 8.42. The molecule has 0 radical (unpaired) electrons. The predicted octanol–water partition coefficient (Wildman–Crippen LogP) is 4.21. The van der Waals surface area contributed by atoms with Crippen LogP contribution in [0.3, 0.4) is 0 Å². The fourth-order valence-corrected chi connectivity index (χ4v) is 2.80. The first-order valence-electron chi connectivity index (χ1n) is 8.42. The highest BCUT2D eigenvalue weighted by Gasteiger charge is 2.19. The second-order valence-electron chi connectivity index (χ2n) is 6.08. The summed E-state index contributed by atoms with van der Waals surface area (Å²) in [4.78, 5) is 24.6. The number of carbonyl (C=O) groups excluding carboxylic acids is 2. The van der Waals surface area contributed by atoms with Crippen LogP contribution in [0.5, 0.6) is 5.75 Å². The van der Waals surface area contributed by atoms with E-state index < -0.39 is 12.1 Å². The monoisotopic (exact) mass is 348 g/mol. The molecule has 0 fully saturated rings. The average molecular weight is 348 g/mol. The number of esters is 1. The summed E-state index contributed by atoms with van der Waals surface area (Å²) >= 11 is 0. The summed E-state index contributed by atoms with van der Waals surface area (Å²) in [5, 5.41) is 2.19. The van der Waals surface area contributed by atoms with Crippen molar-refractivity contribution >= 4 is 22.5 Å². The molecule has 1 atom stereocenters. The molecule has 0 aromatic heterocycles. The highest BCUT2D eigenvalue weighted by Crippen LogP contribution is 2.17. The van der Waals surface area contributed by atoms with Crippen molar-refractivity contribution in [1.29, 1.82) is 0 Å². The van der Waals surface area contributed by atoms with Crippen molar-refractivity contribution in [2.24, 2.45) is 0 Å². The topological polar surface area (TPSA) is 52.6 Å². The standard InChI is InChI=1S/C22H20O4/c1-15(22(24)18-9-11-20(25-2)12-10-18)26-21(23)14-16-7-8-17-5-3-4-6-19(17)13-16/h3-13,15H,14H2,1-2H3/t15-/m0/s1. The zero-order chi connectivity index (χ0) is 18.5. The lowest BCUT2D eigenvalue weighted by Crippen LogP contribution is -2.25. The maximum atomic E-state index is 12.4. The quantitative estimate of drug-likeness (QED) is 0.495. The third-order valence-electron chi connectivity index (χ3n) is 4.21. The molecule has 0 saturated heterocycles. The lowest BCUT2D eigenvalue weighted by Gasteiger charge is -2.13. The maximum Gasteiger partial charge on any atom is 0.310 e. The molecule has 0 unspecified atom stereocenters. The van der Waals surface area contributed by atoms with E-state index in [-0.39, 0.29) is 12.2 Å². The van der Waals surface area contributed by atoms with E-state index in [0.717, 1.165) is 16.3 Å². The van der Waals surface area contributed by atoms with Crippen LogP contribution in [0.1, 0.15) is 22.8 Å². The molecule has 26 heavy (non-hydrogen) atoms. The molecule has 4 heteroatoms. The van der Waals surface area contributed by atoms with Crippen molar-refractivity contribution < 1.29 is 19.1 Å². The molecular formula is C22H20O4. The Labute approximate surface area is 152 Å². The predicted molar refractivity (Wildman–Crippen MR) is 101 cm³/mol. The number of fused-ring (bicyclic) bond motifs is 1. The zero-order valence-electron chi connectivity index (χ0n) is 14.8. The Balaban J connectivity index is 1.63. The number of benzene rings is 3. The molecule has 0 heterocycles. The van der Waals surface area contributed by atoms with E-state index in [1.165, 1.54) is 0 Å². The van der Waals surface area contributed by atoms with E-state index in [1.807, 2.05) is 42.5 Å². The third-order valence-corrected chi connectivity index (χ3v) is 4.21. The van der Waals surface area contributed by atoms with Gasteiger partial charge in [0.2, 0.25) is 5.78 Å². The molecular weight excluding hydrogens is 328 g/mol. The van der Waals surface area contributed by atoms with Gasteiger partial charge in [0, 0.05) is 5.56 Å². The van der Waals surface area contributed by atoms with Gasteiger partial charge in [0.1, 0.15) is 5.75 Å². The van der Waals surface area contributed by atoms with Gasteiger partial charge in [0.25, 0.3) is 0 Å². The molecule has 0 amide bonds. The van der Waals surface area contributed by atoms with Crippen LogP contribution in [0.25, 0.3) is 10.8 Å². The fourth-order valence-electron chi connectivity index (χ4n) is 2.80. The van der Waals surface area contributed by atoms with E-state index in [2.05, 4.69) is 0 Å². The van der Waals surface area contributed by atoms with Crippen LogP contribution in [0, 0.1) is 0 Å². The van der Waals surface area contributed by atoms with Gasteiger partial charge in [0.15, 0.2) is 6.10 Å².